The maximum absolute atomic E-state index is 8.68. The molecule has 1 heterocycles. The van der Waals surface area contributed by atoms with E-state index in [0.29, 0.717) is 24.2 Å². The molecule has 0 radical (unpaired) electrons. The molecule has 1 aromatic heterocycles. The van der Waals surface area contributed by atoms with Gasteiger partial charge in [0.2, 0.25) is 0 Å². The summed E-state index contributed by atoms with van der Waals surface area (Å²) in [6.07, 6.45) is 6.86. The predicted octanol–water partition coefficient (Wildman–Crippen LogP) is 1.88. The van der Waals surface area contributed by atoms with Gasteiger partial charge < -0.3 is 11.1 Å². The maximum Gasteiger partial charge on any atom is 0.140 e. The molecule has 1 atom stereocenters. The van der Waals surface area contributed by atoms with Crippen LogP contribution in [0.1, 0.15) is 31.4 Å². The van der Waals surface area contributed by atoms with Crippen LogP contribution < -0.4 is 11.1 Å². The Morgan fingerprint density at radius 3 is 2.76 bits per heavy atom. The van der Waals surface area contributed by atoms with Crippen LogP contribution in [0.25, 0.3) is 0 Å². The first kappa shape index (κ1) is 11.9. The lowest BCUT2D eigenvalue weighted by molar-refractivity contribution is 0.462. The number of hydrogen-bond donors (Lipinski definition) is 2. The normalized spacial score (nSPS) is 17.6. The van der Waals surface area contributed by atoms with Gasteiger partial charge in [0.1, 0.15) is 11.8 Å². The molecule has 1 aliphatic carbocycles. The van der Waals surface area contributed by atoms with E-state index in [0.717, 1.165) is 5.69 Å². The zero-order chi connectivity index (χ0) is 12.1. The quantitative estimate of drug-likeness (QED) is 0.828. The van der Waals surface area contributed by atoms with Gasteiger partial charge in [0.15, 0.2) is 0 Å². The van der Waals surface area contributed by atoms with E-state index in [9.17, 15) is 0 Å². The van der Waals surface area contributed by atoms with Gasteiger partial charge in [0.25, 0.3) is 0 Å². The van der Waals surface area contributed by atoms with Crippen molar-refractivity contribution in [3.05, 3.63) is 24.0 Å². The fraction of sp³-hybridized carbons (Fsp3) is 0.538. The molecule has 0 amide bonds. The minimum absolute atomic E-state index is 0.326. The Morgan fingerprint density at radius 2 is 2.24 bits per heavy atom. The number of hydrogen-bond acceptors (Lipinski definition) is 4. The van der Waals surface area contributed by atoms with Gasteiger partial charge >= 0.3 is 0 Å². The third-order valence-electron chi connectivity index (χ3n) is 3.45. The summed E-state index contributed by atoms with van der Waals surface area (Å²) in [4.78, 5) is 4.05. The van der Waals surface area contributed by atoms with Crippen LogP contribution in [0, 0.1) is 17.2 Å². The van der Waals surface area contributed by atoms with Gasteiger partial charge in [-0.2, -0.15) is 5.26 Å². The molecule has 0 aromatic carbocycles. The van der Waals surface area contributed by atoms with Crippen LogP contribution in [0.3, 0.4) is 0 Å². The zero-order valence-electron chi connectivity index (χ0n) is 9.89. The maximum atomic E-state index is 8.68. The second-order valence-electron chi connectivity index (χ2n) is 4.57. The molecule has 0 aliphatic heterocycles. The molecule has 2 rings (SSSR count). The smallest absolute Gasteiger partial charge is 0.140 e. The molecule has 0 saturated heterocycles. The molecule has 1 saturated carbocycles. The molecule has 1 fully saturated rings. The molecule has 0 bridgehead atoms. The standard InChI is InChI=1S/C13H18N4/c14-7-11-5-6-12(9-16-11)17-13(8-15)10-3-1-2-4-10/h5-6,9-10,13,17H,1-4,8,15H2. The Bertz CT molecular complexity index is 387. The highest BCUT2D eigenvalue weighted by Gasteiger charge is 2.23. The SMILES string of the molecule is N#Cc1ccc(NC(CN)C2CCCC2)cn1. The first-order chi connectivity index (χ1) is 8.33. The van der Waals surface area contributed by atoms with Crippen molar-refractivity contribution < 1.29 is 0 Å². The molecule has 1 unspecified atom stereocenters. The van der Waals surface area contributed by atoms with Crippen molar-refractivity contribution in [2.24, 2.45) is 11.7 Å². The van der Waals surface area contributed by atoms with Crippen LogP contribution in [0.5, 0.6) is 0 Å². The van der Waals surface area contributed by atoms with Gasteiger partial charge in [-0.25, -0.2) is 4.98 Å². The van der Waals surface area contributed by atoms with E-state index >= 15 is 0 Å². The van der Waals surface area contributed by atoms with Crippen molar-refractivity contribution in [1.29, 1.82) is 5.26 Å². The van der Waals surface area contributed by atoms with E-state index < -0.39 is 0 Å². The molecule has 90 valence electrons. The number of pyridine rings is 1. The number of nitrogens with zero attached hydrogens (tertiary/aromatic N) is 2. The van der Waals surface area contributed by atoms with Crippen LogP contribution in [0.15, 0.2) is 18.3 Å². The van der Waals surface area contributed by atoms with E-state index in [2.05, 4.69) is 10.3 Å². The van der Waals surface area contributed by atoms with Crippen LogP contribution in [0.2, 0.25) is 0 Å². The number of anilines is 1. The van der Waals surface area contributed by atoms with Crippen molar-refractivity contribution in [2.75, 3.05) is 11.9 Å². The Hall–Kier alpha value is -1.60. The number of nitrogens with one attached hydrogen (secondary N) is 1. The van der Waals surface area contributed by atoms with E-state index in [1.54, 1.807) is 12.3 Å². The van der Waals surface area contributed by atoms with Crippen molar-refractivity contribution in [3.8, 4) is 6.07 Å². The third kappa shape index (κ3) is 2.95. The molecule has 4 nitrogen and oxygen atoms in total. The summed E-state index contributed by atoms with van der Waals surface area (Å²) in [7, 11) is 0. The topological polar surface area (TPSA) is 74.7 Å². The first-order valence-electron chi connectivity index (χ1n) is 6.16. The lowest BCUT2D eigenvalue weighted by atomic mass is 9.98. The van der Waals surface area contributed by atoms with Crippen LogP contribution in [-0.2, 0) is 0 Å². The van der Waals surface area contributed by atoms with Gasteiger partial charge in [-0.1, -0.05) is 12.8 Å². The number of nitriles is 1. The lowest BCUT2D eigenvalue weighted by Gasteiger charge is -2.24. The highest BCUT2D eigenvalue weighted by molar-refractivity contribution is 5.43. The summed E-state index contributed by atoms with van der Waals surface area (Å²) in [5.74, 6) is 0.677. The first-order valence-corrected chi connectivity index (χ1v) is 6.16. The summed E-state index contributed by atoms with van der Waals surface area (Å²) >= 11 is 0. The monoisotopic (exact) mass is 230 g/mol. The van der Waals surface area contributed by atoms with Crippen LogP contribution in [-0.4, -0.2) is 17.6 Å². The fourth-order valence-corrected chi connectivity index (χ4v) is 2.49. The van der Waals surface area contributed by atoms with E-state index in [-0.39, 0.29) is 0 Å². The largest absolute Gasteiger partial charge is 0.380 e. The van der Waals surface area contributed by atoms with Crippen molar-refractivity contribution >= 4 is 5.69 Å². The van der Waals surface area contributed by atoms with E-state index in [4.69, 9.17) is 11.0 Å². The number of aromatic nitrogens is 1. The van der Waals surface area contributed by atoms with Crippen molar-refractivity contribution in [1.82, 2.24) is 4.98 Å². The van der Waals surface area contributed by atoms with Crippen LogP contribution >= 0.6 is 0 Å². The second kappa shape index (κ2) is 5.65. The Labute approximate surface area is 102 Å². The summed E-state index contributed by atoms with van der Waals surface area (Å²) in [5.41, 5.74) is 7.22. The lowest BCUT2D eigenvalue weighted by Crippen LogP contribution is -2.35. The van der Waals surface area contributed by atoms with Gasteiger partial charge in [-0.05, 0) is 30.9 Å². The van der Waals surface area contributed by atoms with Crippen LogP contribution in [0.4, 0.5) is 5.69 Å². The molecule has 4 heteroatoms. The molecule has 3 N–H and O–H groups in total. The molecular formula is C13H18N4. The van der Waals surface area contributed by atoms with Crippen molar-refractivity contribution in [2.45, 2.75) is 31.7 Å². The summed E-state index contributed by atoms with van der Waals surface area (Å²) in [6.45, 7) is 0.644. The Balaban J connectivity index is 1.99. The highest BCUT2D eigenvalue weighted by atomic mass is 15.0. The molecule has 1 aliphatic rings. The second-order valence-corrected chi connectivity index (χ2v) is 4.57. The number of rotatable bonds is 4. The molecular weight excluding hydrogens is 212 g/mol. The molecule has 0 spiro atoms. The zero-order valence-corrected chi connectivity index (χ0v) is 9.89. The fourth-order valence-electron chi connectivity index (χ4n) is 2.49. The summed E-state index contributed by atoms with van der Waals surface area (Å²) in [6, 6.07) is 5.96. The Morgan fingerprint density at radius 1 is 1.47 bits per heavy atom. The van der Waals surface area contributed by atoms with Gasteiger partial charge in [0.05, 0.1) is 11.9 Å². The third-order valence-corrected chi connectivity index (χ3v) is 3.45. The van der Waals surface area contributed by atoms with E-state index in [1.165, 1.54) is 25.7 Å². The molecule has 17 heavy (non-hydrogen) atoms. The van der Waals surface area contributed by atoms with E-state index in [1.807, 2.05) is 12.1 Å². The highest BCUT2D eigenvalue weighted by Crippen LogP contribution is 2.28. The molecule has 1 aromatic rings. The van der Waals surface area contributed by atoms with Gasteiger partial charge in [0, 0.05) is 12.6 Å². The predicted molar refractivity (Wildman–Crippen MR) is 67.4 cm³/mol. The average Bonchev–Trinajstić information content (AvgIpc) is 2.90. The number of nitrogens with two attached hydrogens (primary N) is 1. The minimum atomic E-state index is 0.326. The summed E-state index contributed by atoms with van der Waals surface area (Å²) < 4.78 is 0. The van der Waals surface area contributed by atoms with Gasteiger partial charge in [-0.15, -0.1) is 0 Å². The minimum Gasteiger partial charge on any atom is -0.380 e. The summed E-state index contributed by atoms with van der Waals surface area (Å²) in [5, 5.41) is 12.1. The van der Waals surface area contributed by atoms with Crippen molar-refractivity contribution in [3.63, 3.8) is 0 Å². The average molecular weight is 230 g/mol. The Kier molecular flexibility index (Phi) is 3.94. The van der Waals surface area contributed by atoms with Gasteiger partial charge in [-0.3, -0.25) is 0 Å².